The largest absolute Gasteiger partial charge is 0.237 e. The molecule has 0 bridgehead atoms. The van der Waals surface area contributed by atoms with Gasteiger partial charge in [-0.05, 0) is 31.4 Å². The SMILES string of the molecule is Cc1ccc(S(=O)N2CC(C)CC2C#N)cc1. The van der Waals surface area contributed by atoms with Crippen molar-refractivity contribution >= 4 is 11.0 Å². The number of hydrogen-bond acceptors (Lipinski definition) is 2. The minimum Gasteiger partial charge on any atom is -0.237 e. The van der Waals surface area contributed by atoms with Crippen molar-refractivity contribution in [3.63, 3.8) is 0 Å². The van der Waals surface area contributed by atoms with Crippen LogP contribution in [0.1, 0.15) is 18.9 Å². The molecule has 0 saturated carbocycles. The highest BCUT2D eigenvalue weighted by Gasteiger charge is 2.33. The molecule has 3 unspecified atom stereocenters. The number of benzene rings is 1. The molecular weight excluding hydrogens is 232 g/mol. The van der Waals surface area contributed by atoms with Gasteiger partial charge in [0.2, 0.25) is 0 Å². The molecule has 0 radical (unpaired) electrons. The zero-order valence-corrected chi connectivity index (χ0v) is 10.9. The van der Waals surface area contributed by atoms with E-state index in [0.717, 1.165) is 23.4 Å². The number of nitriles is 1. The average molecular weight is 248 g/mol. The molecule has 0 aromatic heterocycles. The van der Waals surface area contributed by atoms with Gasteiger partial charge in [-0.15, -0.1) is 0 Å². The first-order valence-corrected chi connectivity index (χ1v) is 6.87. The quantitative estimate of drug-likeness (QED) is 0.805. The molecule has 90 valence electrons. The van der Waals surface area contributed by atoms with E-state index in [1.807, 2.05) is 31.2 Å². The van der Waals surface area contributed by atoms with Crippen molar-refractivity contribution in [3.8, 4) is 6.07 Å². The van der Waals surface area contributed by atoms with Crippen molar-refractivity contribution < 1.29 is 4.21 Å². The average Bonchev–Trinajstić information content (AvgIpc) is 2.70. The molecule has 1 aromatic carbocycles. The molecule has 2 rings (SSSR count). The summed E-state index contributed by atoms with van der Waals surface area (Å²) < 4.78 is 14.2. The van der Waals surface area contributed by atoms with Crippen LogP contribution in [0.15, 0.2) is 29.2 Å². The second-order valence-corrected chi connectivity index (χ2v) is 6.09. The van der Waals surface area contributed by atoms with Crippen molar-refractivity contribution in [1.82, 2.24) is 4.31 Å². The van der Waals surface area contributed by atoms with Gasteiger partial charge in [0.05, 0.1) is 11.0 Å². The first-order chi connectivity index (χ1) is 8.11. The van der Waals surface area contributed by atoms with Crippen LogP contribution in [0.3, 0.4) is 0 Å². The Hall–Kier alpha value is -1.18. The van der Waals surface area contributed by atoms with Crippen molar-refractivity contribution in [1.29, 1.82) is 5.26 Å². The van der Waals surface area contributed by atoms with Crippen molar-refractivity contribution in [2.75, 3.05) is 6.54 Å². The standard InChI is InChI=1S/C13H16N2OS/c1-10-3-5-13(6-4-10)17(16)15-9-11(2)7-12(15)8-14/h3-6,11-12H,7,9H2,1-2H3. The zero-order valence-electron chi connectivity index (χ0n) is 10.1. The summed E-state index contributed by atoms with van der Waals surface area (Å²) in [5, 5.41) is 9.07. The van der Waals surface area contributed by atoms with E-state index in [2.05, 4.69) is 13.0 Å². The molecule has 17 heavy (non-hydrogen) atoms. The summed E-state index contributed by atoms with van der Waals surface area (Å²) in [6, 6.07) is 9.68. The van der Waals surface area contributed by atoms with Crippen LogP contribution in [0.5, 0.6) is 0 Å². The van der Waals surface area contributed by atoms with Crippen LogP contribution >= 0.6 is 0 Å². The maximum absolute atomic E-state index is 12.4. The van der Waals surface area contributed by atoms with E-state index in [1.54, 1.807) is 4.31 Å². The fourth-order valence-corrected chi connectivity index (χ4v) is 3.49. The fourth-order valence-electron chi connectivity index (χ4n) is 2.10. The van der Waals surface area contributed by atoms with Gasteiger partial charge in [0.15, 0.2) is 0 Å². The number of nitrogens with zero attached hydrogens (tertiary/aromatic N) is 2. The van der Waals surface area contributed by atoms with Gasteiger partial charge in [0.25, 0.3) is 0 Å². The topological polar surface area (TPSA) is 44.1 Å². The van der Waals surface area contributed by atoms with Crippen LogP contribution in [0.2, 0.25) is 0 Å². The summed E-state index contributed by atoms with van der Waals surface area (Å²) in [5.74, 6) is 0.439. The van der Waals surface area contributed by atoms with Gasteiger partial charge < -0.3 is 0 Å². The molecule has 4 heteroatoms. The van der Waals surface area contributed by atoms with Crippen molar-refractivity contribution in [2.45, 2.75) is 31.2 Å². The van der Waals surface area contributed by atoms with E-state index >= 15 is 0 Å². The van der Waals surface area contributed by atoms with E-state index in [4.69, 9.17) is 5.26 Å². The molecule has 1 fully saturated rings. The third-order valence-electron chi connectivity index (χ3n) is 3.05. The summed E-state index contributed by atoms with van der Waals surface area (Å²) in [7, 11) is -1.21. The van der Waals surface area contributed by atoms with Crippen molar-refractivity contribution in [2.24, 2.45) is 5.92 Å². The van der Waals surface area contributed by atoms with E-state index in [-0.39, 0.29) is 6.04 Å². The van der Waals surface area contributed by atoms with Crippen LogP contribution < -0.4 is 0 Å². The number of hydrogen-bond donors (Lipinski definition) is 0. The smallest absolute Gasteiger partial charge is 0.128 e. The molecule has 1 aliphatic rings. The van der Waals surface area contributed by atoms with Crippen LogP contribution in [-0.4, -0.2) is 21.1 Å². The van der Waals surface area contributed by atoms with E-state index in [9.17, 15) is 4.21 Å². The van der Waals surface area contributed by atoms with Gasteiger partial charge in [-0.3, -0.25) is 0 Å². The normalized spacial score (nSPS) is 26.6. The molecule has 0 spiro atoms. The molecule has 3 atom stereocenters. The summed E-state index contributed by atoms with van der Waals surface area (Å²) in [6.07, 6.45) is 0.814. The lowest BCUT2D eigenvalue weighted by atomic mass is 10.1. The Balaban J connectivity index is 2.20. The van der Waals surface area contributed by atoms with E-state index in [1.165, 1.54) is 0 Å². The Morgan fingerprint density at radius 3 is 2.65 bits per heavy atom. The highest BCUT2D eigenvalue weighted by atomic mass is 32.2. The van der Waals surface area contributed by atoms with Crippen LogP contribution in [0.25, 0.3) is 0 Å². The highest BCUT2D eigenvalue weighted by molar-refractivity contribution is 7.82. The molecule has 3 nitrogen and oxygen atoms in total. The predicted molar refractivity (Wildman–Crippen MR) is 67.5 cm³/mol. The Kier molecular flexibility index (Phi) is 3.60. The lowest BCUT2D eigenvalue weighted by molar-refractivity contribution is 0.472. The van der Waals surface area contributed by atoms with E-state index in [0.29, 0.717) is 5.92 Å². The first kappa shape index (κ1) is 12.3. The molecule has 1 aromatic rings. The van der Waals surface area contributed by atoms with Crippen LogP contribution in [0.4, 0.5) is 0 Å². The minimum absolute atomic E-state index is 0.216. The third kappa shape index (κ3) is 2.56. The molecular formula is C13H16N2OS. The van der Waals surface area contributed by atoms with E-state index < -0.39 is 11.0 Å². The monoisotopic (exact) mass is 248 g/mol. The van der Waals surface area contributed by atoms with Crippen LogP contribution in [0, 0.1) is 24.2 Å². The van der Waals surface area contributed by atoms with Gasteiger partial charge in [-0.25, -0.2) is 8.51 Å². The maximum Gasteiger partial charge on any atom is 0.128 e. The second-order valence-electron chi connectivity index (χ2n) is 4.65. The van der Waals surface area contributed by atoms with Gasteiger partial charge in [-0.2, -0.15) is 5.26 Å². The van der Waals surface area contributed by atoms with Crippen molar-refractivity contribution in [3.05, 3.63) is 29.8 Å². The molecule has 0 amide bonds. The predicted octanol–water partition coefficient (Wildman–Crippen LogP) is 2.25. The first-order valence-electron chi connectivity index (χ1n) is 5.76. The zero-order chi connectivity index (χ0) is 12.4. The highest BCUT2D eigenvalue weighted by Crippen LogP contribution is 2.26. The molecule has 1 aliphatic heterocycles. The van der Waals surface area contributed by atoms with Gasteiger partial charge in [-0.1, -0.05) is 24.6 Å². The number of aryl methyl sites for hydroxylation is 1. The Morgan fingerprint density at radius 1 is 1.41 bits per heavy atom. The molecule has 1 saturated heterocycles. The third-order valence-corrected chi connectivity index (χ3v) is 4.55. The summed E-state index contributed by atoms with van der Waals surface area (Å²) in [5.41, 5.74) is 1.15. The minimum atomic E-state index is -1.21. The van der Waals surface area contributed by atoms with Crippen LogP contribution in [-0.2, 0) is 11.0 Å². The summed E-state index contributed by atoms with van der Waals surface area (Å²) in [4.78, 5) is 0.782. The van der Waals surface area contributed by atoms with Gasteiger partial charge >= 0.3 is 0 Å². The van der Waals surface area contributed by atoms with Gasteiger partial charge in [0, 0.05) is 6.54 Å². The lowest BCUT2D eigenvalue weighted by Crippen LogP contribution is -2.30. The second kappa shape index (κ2) is 4.99. The Morgan fingerprint density at radius 2 is 2.06 bits per heavy atom. The summed E-state index contributed by atoms with van der Waals surface area (Å²) in [6.45, 7) is 4.83. The molecule has 0 N–H and O–H groups in total. The number of rotatable bonds is 2. The summed E-state index contributed by atoms with van der Waals surface area (Å²) >= 11 is 0. The Labute approximate surface area is 105 Å². The van der Waals surface area contributed by atoms with Gasteiger partial charge in [0.1, 0.15) is 17.0 Å². The molecule has 1 heterocycles. The maximum atomic E-state index is 12.4. The fraction of sp³-hybridized carbons (Fsp3) is 0.462. The molecule has 0 aliphatic carbocycles. The lowest BCUT2D eigenvalue weighted by Gasteiger charge is -2.17. The Bertz CT molecular complexity index is 463.